The number of carbonyl (C=O) groups is 1. The van der Waals surface area contributed by atoms with Gasteiger partial charge < -0.3 is 10.1 Å². The number of benzene rings is 3. The van der Waals surface area contributed by atoms with Crippen LogP contribution < -0.4 is 9.62 Å². The minimum absolute atomic E-state index is 0.0500. The van der Waals surface area contributed by atoms with Crippen LogP contribution in [-0.2, 0) is 25.0 Å². The summed E-state index contributed by atoms with van der Waals surface area (Å²) in [6, 6.07) is 22.5. The predicted octanol–water partition coefficient (Wildman–Crippen LogP) is 5.05. The van der Waals surface area contributed by atoms with Crippen molar-refractivity contribution in [2.45, 2.75) is 23.2 Å². The van der Waals surface area contributed by atoms with E-state index in [0.29, 0.717) is 24.8 Å². The smallest absolute Gasteiger partial charge is 0.264 e. The first-order valence-electron chi connectivity index (χ1n) is 11.2. The molecule has 1 saturated heterocycles. The number of halogens is 2. The van der Waals surface area contributed by atoms with Crippen molar-refractivity contribution in [3.05, 3.63) is 94.5 Å². The van der Waals surface area contributed by atoms with Crippen LogP contribution in [0.1, 0.15) is 18.4 Å². The highest BCUT2D eigenvalue weighted by Crippen LogP contribution is 2.35. The Morgan fingerprint density at radius 3 is 2.23 bits per heavy atom. The summed E-state index contributed by atoms with van der Waals surface area (Å²) in [4.78, 5) is 13.2. The molecule has 184 valence electrons. The molecule has 0 aromatic heterocycles. The third-order valence-corrected chi connectivity index (χ3v) is 8.58. The van der Waals surface area contributed by atoms with Crippen LogP contribution in [0.25, 0.3) is 0 Å². The van der Waals surface area contributed by atoms with Gasteiger partial charge in [-0.05, 0) is 48.7 Å². The van der Waals surface area contributed by atoms with E-state index in [1.54, 1.807) is 24.3 Å². The summed E-state index contributed by atoms with van der Waals surface area (Å²) in [7, 11) is -4.09. The molecular formula is C26H26Cl2N2O4S. The Kier molecular flexibility index (Phi) is 8.02. The van der Waals surface area contributed by atoms with Crippen molar-refractivity contribution in [3.8, 4) is 0 Å². The molecule has 3 aromatic rings. The van der Waals surface area contributed by atoms with Crippen LogP contribution in [0.15, 0.2) is 83.8 Å². The fourth-order valence-electron chi connectivity index (χ4n) is 4.27. The third-order valence-electron chi connectivity index (χ3n) is 6.26. The first-order chi connectivity index (χ1) is 16.8. The second-order valence-electron chi connectivity index (χ2n) is 8.46. The van der Waals surface area contributed by atoms with Gasteiger partial charge in [0.2, 0.25) is 5.91 Å². The van der Waals surface area contributed by atoms with Crippen LogP contribution in [0, 0.1) is 0 Å². The van der Waals surface area contributed by atoms with E-state index in [4.69, 9.17) is 27.9 Å². The average molecular weight is 533 g/mol. The monoisotopic (exact) mass is 532 g/mol. The quantitative estimate of drug-likeness (QED) is 0.440. The minimum atomic E-state index is -4.09. The van der Waals surface area contributed by atoms with E-state index >= 15 is 0 Å². The number of hydrogen-bond donors (Lipinski definition) is 1. The van der Waals surface area contributed by atoms with Crippen LogP contribution in [0.2, 0.25) is 10.0 Å². The first-order valence-corrected chi connectivity index (χ1v) is 13.4. The maximum atomic E-state index is 13.5. The molecule has 1 fully saturated rings. The zero-order valence-electron chi connectivity index (χ0n) is 19.0. The maximum Gasteiger partial charge on any atom is 0.264 e. The molecule has 9 heteroatoms. The Balaban J connectivity index is 1.61. The highest BCUT2D eigenvalue weighted by atomic mass is 35.5. The molecule has 1 aliphatic rings. The Hall–Kier alpha value is -2.58. The van der Waals surface area contributed by atoms with Crippen molar-refractivity contribution in [1.29, 1.82) is 0 Å². The van der Waals surface area contributed by atoms with E-state index in [9.17, 15) is 13.2 Å². The predicted molar refractivity (Wildman–Crippen MR) is 139 cm³/mol. The van der Waals surface area contributed by atoms with Crippen molar-refractivity contribution < 1.29 is 17.9 Å². The van der Waals surface area contributed by atoms with E-state index in [1.165, 1.54) is 24.3 Å². The van der Waals surface area contributed by atoms with Gasteiger partial charge in [-0.15, -0.1) is 0 Å². The molecule has 0 saturated carbocycles. The molecular weight excluding hydrogens is 507 g/mol. The summed E-state index contributed by atoms with van der Waals surface area (Å²) in [5.74, 6) is -0.442. The van der Waals surface area contributed by atoms with Crippen molar-refractivity contribution in [2.24, 2.45) is 0 Å². The molecule has 0 atom stereocenters. The molecule has 6 nitrogen and oxygen atoms in total. The summed E-state index contributed by atoms with van der Waals surface area (Å²) >= 11 is 12.5. The van der Waals surface area contributed by atoms with E-state index in [-0.39, 0.29) is 21.0 Å². The third kappa shape index (κ3) is 5.81. The Bertz CT molecular complexity index is 1270. The van der Waals surface area contributed by atoms with Gasteiger partial charge in [-0.25, -0.2) is 8.42 Å². The normalized spacial score (nSPS) is 15.4. The van der Waals surface area contributed by atoms with Crippen molar-refractivity contribution in [3.63, 3.8) is 0 Å². The summed E-state index contributed by atoms with van der Waals surface area (Å²) < 4.78 is 33.7. The van der Waals surface area contributed by atoms with E-state index in [0.717, 1.165) is 22.7 Å². The fraction of sp³-hybridized carbons (Fsp3) is 0.269. The number of hydrogen-bond acceptors (Lipinski definition) is 4. The lowest BCUT2D eigenvalue weighted by molar-refractivity contribution is -0.120. The molecule has 35 heavy (non-hydrogen) atoms. The maximum absolute atomic E-state index is 13.5. The second-order valence-corrected chi connectivity index (χ2v) is 11.2. The summed E-state index contributed by atoms with van der Waals surface area (Å²) in [5.41, 5.74) is 0.976. The number of nitrogens with one attached hydrogen (secondary N) is 1. The molecule has 0 aliphatic carbocycles. The van der Waals surface area contributed by atoms with Gasteiger partial charge in [-0.3, -0.25) is 9.10 Å². The number of nitrogens with zero attached hydrogens (tertiary/aromatic N) is 1. The van der Waals surface area contributed by atoms with Crippen LogP contribution in [0.5, 0.6) is 0 Å². The zero-order valence-corrected chi connectivity index (χ0v) is 21.3. The van der Waals surface area contributed by atoms with Crippen molar-refractivity contribution in [2.75, 3.05) is 30.6 Å². The standard InChI is InChI=1S/C26H26Cl2N2O4S/c27-21-11-12-23(28)24(17-21)30(35(32,33)22-9-5-2-6-10-22)18-25(31)29-19-26(13-15-34-16-14-26)20-7-3-1-4-8-20/h1-12,17H,13-16,18-19H2,(H,29,31). The Morgan fingerprint density at radius 2 is 1.57 bits per heavy atom. The number of anilines is 1. The highest BCUT2D eigenvalue weighted by Gasteiger charge is 2.35. The van der Waals surface area contributed by atoms with Crippen LogP contribution >= 0.6 is 23.2 Å². The molecule has 1 N–H and O–H groups in total. The van der Waals surface area contributed by atoms with E-state index in [1.807, 2.05) is 18.2 Å². The number of carbonyl (C=O) groups excluding carboxylic acids is 1. The van der Waals surface area contributed by atoms with Gasteiger partial charge >= 0.3 is 0 Å². The molecule has 1 aliphatic heterocycles. The lowest BCUT2D eigenvalue weighted by Gasteiger charge is -2.38. The van der Waals surface area contributed by atoms with Gasteiger partial charge in [0.25, 0.3) is 10.0 Å². The van der Waals surface area contributed by atoms with Crippen LogP contribution in [-0.4, -0.2) is 40.6 Å². The van der Waals surface area contributed by atoms with Gasteiger partial charge in [0.05, 0.1) is 15.6 Å². The van der Waals surface area contributed by atoms with Gasteiger partial charge in [-0.2, -0.15) is 0 Å². The topological polar surface area (TPSA) is 75.7 Å². The number of rotatable bonds is 8. The van der Waals surface area contributed by atoms with Gasteiger partial charge in [0.1, 0.15) is 6.54 Å². The lowest BCUT2D eigenvalue weighted by Crippen LogP contribution is -2.48. The van der Waals surface area contributed by atoms with Gasteiger partial charge in [0, 0.05) is 30.2 Å². The number of sulfonamides is 1. The van der Waals surface area contributed by atoms with Crippen molar-refractivity contribution in [1.82, 2.24) is 5.32 Å². The molecule has 4 rings (SSSR count). The van der Waals surface area contributed by atoms with E-state index < -0.39 is 22.5 Å². The fourth-order valence-corrected chi connectivity index (χ4v) is 6.16. The average Bonchev–Trinajstić information content (AvgIpc) is 2.89. The molecule has 3 aromatic carbocycles. The second kappa shape index (κ2) is 11.0. The largest absolute Gasteiger partial charge is 0.381 e. The number of amides is 1. The van der Waals surface area contributed by atoms with Gasteiger partial charge in [0.15, 0.2) is 0 Å². The minimum Gasteiger partial charge on any atom is -0.381 e. The summed E-state index contributed by atoms with van der Waals surface area (Å²) in [5, 5.41) is 3.45. The van der Waals surface area contributed by atoms with Crippen LogP contribution in [0.3, 0.4) is 0 Å². The molecule has 0 bridgehead atoms. The Morgan fingerprint density at radius 1 is 0.943 bits per heavy atom. The van der Waals surface area contributed by atoms with Crippen LogP contribution in [0.4, 0.5) is 5.69 Å². The first kappa shape index (κ1) is 25.5. The molecule has 1 amide bonds. The summed E-state index contributed by atoms with van der Waals surface area (Å²) in [6.45, 7) is 1.11. The molecule has 1 heterocycles. The zero-order chi connectivity index (χ0) is 24.9. The SMILES string of the molecule is O=C(CN(c1cc(Cl)ccc1Cl)S(=O)(=O)c1ccccc1)NCC1(c2ccccc2)CCOCC1. The van der Waals surface area contributed by atoms with Crippen molar-refractivity contribution >= 4 is 44.8 Å². The van der Waals surface area contributed by atoms with E-state index in [2.05, 4.69) is 17.4 Å². The Labute approximate surface area is 215 Å². The molecule has 0 spiro atoms. The lowest BCUT2D eigenvalue weighted by atomic mass is 9.74. The molecule has 0 unspecified atom stereocenters. The van der Waals surface area contributed by atoms with Gasteiger partial charge in [-0.1, -0.05) is 71.7 Å². The number of ether oxygens (including phenoxy) is 1. The molecule has 0 radical (unpaired) electrons. The summed E-state index contributed by atoms with van der Waals surface area (Å²) in [6.07, 6.45) is 1.51. The highest BCUT2D eigenvalue weighted by molar-refractivity contribution is 7.92.